The molecule has 2 nitrogen and oxygen atoms in total. The zero-order valence-electron chi connectivity index (χ0n) is 8.24. The minimum atomic E-state index is 0.659. The van der Waals surface area contributed by atoms with E-state index in [2.05, 4.69) is 24.0 Å². The smallest absolute Gasteiger partial charge is 0.0270 e. The van der Waals surface area contributed by atoms with Crippen LogP contribution in [0.25, 0.3) is 0 Å². The van der Waals surface area contributed by atoms with Gasteiger partial charge in [-0.3, -0.25) is 4.98 Å². The minimum absolute atomic E-state index is 0.659. The summed E-state index contributed by atoms with van der Waals surface area (Å²) in [6, 6.07) is 4.20. The molecule has 0 aromatic carbocycles. The maximum Gasteiger partial charge on any atom is 0.0270 e. The first-order chi connectivity index (χ1) is 6.38. The lowest BCUT2D eigenvalue weighted by Crippen LogP contribution is -2.03. The Bertz CT molecular complexity index is 221. The van der Waals surface area contributed by atoms with Crippen LogP contribution in [0.1, 0.15) is 37.7 Å². The van der Waals surface area contributed by atoms with Crippen molar-refractivity contribution >= 4 is 0 Å². The lowest BCUT2D eigenvalue weighted by Gasteiger charge is -2.13. The van der Waals surface area contributed by atoms with Crippen molar-refractivity contribution in [1.29, 1.82) is 0 Å². The van der Waals surface area contributed by atoms with E-state index in [0.29, 0.717) is 5.92 Å². The molecule has 2 N–H and O–H groups in total. The van der Waals surface area contributed by atoms with E-state index < -0.39 is 0 Å². The van der Waals surface area contributed by atoms with E-state index in [1.807, 2.05) is 12.4 Å². The fraction of sp³-hybridized carbons (Fsp3) is 0.545. The van der Waals surface area contributed by atoms with E-state index in [1.165, 1.54) is 18.4 Å². The Morgan fingerprint density at radius 3 is 2.62 bits per heavy atom. The molecule has 0 aliphatic rings. The molecular formula is C11H18N2. The molecule has 0 bridgehead atoms. The van der Waals surface area contributed by atoms with Crippen molar-refractivity contribution in [2.24, 2.45) is 5.73 Å². The molecule has 0 aliphatic heterocycles. The molecule has 2 heteroatoms. The SMILES string of the molecule is CCC(CCCN)c1ccncc1. The normalized spacial score (nSPS) is 12.8. The molecule has 0 saturated carbocycles. The van der Waals surface area contributed by atoms with Crippen LogP contribution in [0, 0.1) is 0 Å². The van der Waals surface area contributed by atoms with Gasteiger partial charge in [-0.25, -0.2) is 0 Å². The zero-order valence-corrected chi connectivity index (χ0v) is 8.24. The molecule has 1 aromatic rings. The van der Waals surface area contributed by atoms with Crippen molar-refractivity contribution in [2.75, 3.05) is 6.54 Å². The van der Waals surface area contributed by atoms with Crippen LogP contribution in [0.2, 0.25) is 0 Å². The van der Waals surface area contributed by atoms with E-state index in [9.17, 15) is 0 Å². The van der Waals surface area contributed by atoms with Crippen LogP contribution >= 0.6 is 0 Å². The Hall–Kier alpha value is -0.890. The molecule has 1 rings (SSSR count). The van der Waals surface area contributed by atoms with Gasteiger partial charge in [-0.1, -0.05) is 6.92 Å². The molecule has 13 heavy (non-hydrogen) atoms. The van der Waals surface area contributed by atoms with E-state index in [-0.39, 0.29) is 0 Å². The molecule has 1 unspecified atom stereocenters. The second-order valence-corrected chi connectivity index (χ2v) is 3.32. The summed E-state index contributed by atoms with van der Waals surface area (Å²) in [6.07, 6.45) is 7.21. The van der Waals surface area contributed by atoms with Crippen LogP contribution in [0.3, 0.4) is 0 Å². The minimum Gasteiger partial charge on any atom is -0.330 e. The molecular weight excluding hydrogens is 160 g/mol. The van der Waals surface area contributed by atoms with Gasteiger partial charge in [0.1, 0.15) is 0 Å². The van der Waals surface area contributed by atoms with Crippen LogP contribution < -0.4 is 5.73 Å². The Morgan fingerprint density at radius 1 is 1.38 bits per heavy atom. The quantitative estimate of drug-likeness (QED) is 0.751. The first kappa shape index (κ1) is 10.2. The predicted octanol–water partition coefficient (Wildman–Crippen LogP) is 2.31. The average Bonchev–Trinajstić information content (AvgIpc) is 2.21. The van der Waals surface area contributed by atoms with Crippen molar-refractivity contribution in [3.63, 3.8) is 0 Å². The molecule has 0 aliphatic carbocycles. The number of rotatable bonds is 5. The van der Waals surface area contributed by atoms with Crippen LogP contribution in [0.4, 0.5) is 0 Å². The van der Waals surface area contributed by atoms with Crippen LogP contribution in [-0.4, -0.2) is 11.5 Å². The highest BCUT2D eigenvalue weighted by atomic mass is 14.6. The van der Waals surface area contributed by atoms with Gasteiger partial charge in [0.05, 0.1) is 0 Å². The first-order valence-electron chi connectivity index (χ1n) is 4.98. The third-order valence-electron chi connectivity index (χ3n) is 2.43. The van der Waals surface area contributed by atoms with Gasteiger partial charge in [0.15, 0.2) is 0 Å². The van der Waals surface area contributed by atoms with Gasteiger partial charge in [0.2, 0.25) is 0 Å². The predicted molar refractivity (Wildman–Crippen MR) is 55.6 cm³/mol. The van der Waals surface area contributed by atoms with Crippen molar-refractivity contribution < 1.29 is 0 Å². The van der Waals surface area contributed by atoms with Crippen LogP contribution in [-0.2, 0) is 0 Å². The number of aromatic nitrogens is 1. The first-order valence-corrected chi connectivity index (χ1v) is 4.98. The van der Waals surface area contributed by atoms with Gasteiger partial charge in [-0.2, -0.15) is 0 Å². The van der Waals surface area contributed by atoms with Gasteiger partial charge < -0.3 is 5.73 Å². The Kier molecular flexibility index (Phi) is 4.47. The van der Waals surface area contributed by atoms with Crippen LogP contribution in [0.15, 0.2) is 24.5 Å². The number of nitrogens with zero attached hydrogens (tertiary/aromatic N) is 1. The highest BCUT2D eigenvalue weighted by Gasteiger charge is 2.07. The van der Waals surface area contributed by atoms with E-state index in [4.69, 9.17) is 5.73 Å². The highest BCUT2D eigenvalue weighted by Crippen LogP contribution is 2.23. The molecule has 1 aromatic heterocycles. The van der Waals surface area contributed by atoms with Crippen LogP contribution in [0.5, 0.6) is 0 Å². The lowest BCUT2D eigenvalue weighted by molar-refractivity contribution is 0.580. The molecule has 0 saturated heterocycles. The lowest BCUT2D eigenvalue weighted by atomic mass is 9.93. The second kappa shape index (κ2) is 5.70. The molecule has 72 valence electrons. The summed E-state index contributed by atoms with van der Waals surface area (Å²) in [6.45, 7) is 3.02. The monoisotopic (exact) mass is 178 g/mol. The molecule has 0 radical (unpaired) electrons. The maximum absolute atomic E-state index is 5.50. The summed E-state index contributed by atoms with van der Waals surface area (Å²) in [4.78, 5) is 4.02. The van der Waals surface area contributed by atoms with E-state index >= 15 is 0 Å². The fourth-order valence-corrected chi connectivity index (χ4v) is 1.61. The van der Waals surface area contributed by atoms with Gasteiger partial charge in [0, 0.05) is 12.4 Å². The topological polar surface area (TPSA) is 38.9 Å². The highest BCUT2D eigenvalue weighted by molar-refractivity contribution is 5.15. The third-order valence-corrected chi connectivity index (χ3v) is 2.43. The standard InChI is InChI=1S/C11H18N2/c1-2-10(4-3-7-12)11-5-8-13-9-6-11/h5-6,8-10H,2-4,7,12H2,1H3. The summed E-state index contributed by atoms with van der Waals surface area (Å²) >= 11 is 0. The number of hydrogen-bond acceptors (Lipinski definition) is 2. The summed E-state index contributed by atoms with van der Waals surface area (Å²) in [5, 5.41) is 0. The van der Waals surface area contributed by atoms with Gasteiger partial charge in [-0.15, -0.1) is 0 Å². The van der Waals surface area contributed by atoms with Gasteiger partial charge in [-0.05, 0) is 49.4 Å². The average molecular weight is 178 g/mol. The van der Waals surface area contributed by atoms with Crippen molar-refractivity contribution in [2.45, 2.75) is 32.1 Å². The summed E-state index contributed by atoms with van der Waals surface area (Å²) < 4.78 is 0. The number of hydrogen-bond donors (Lipinski definition) is 1. The van der Waals surface area contributed by atoms with Gasteiger partial charge >= 0.3 is 0 Å². The van der Waals surface area contributed by atoms with Crippen molar-refractivity contribution in [3.05, 3.63) is 30.1 Å². The summed E-state index contributed by atoms with van der Waals surface area (Å²) in [7, 11) is 0. The summed E-state index contributed by atoms with van der Waals surface area (Å²) in [5.74, 6) is 0.659. The van der Waals surface area contributed by atoms with E-state index in [1.54, 1.807) is 0 Å². The Balaban J connectivity index is 2.56. The second-order valence-electron chi connectivity index (χ2n) is 3.32. The molecule has 1 heterocycles. The third kappa shape index (κ3) is 3.15. The molecule has 0 fully saturated rings. The zero-order chi connectivity index (χ0) is 9.52. The molecule has 1 atom stereocenters. The molecule has 0 amide bonds. The Morgan fingerprint density at radius 2 is 2.08 bits per heavy atom. The number of pyridine rings is 1. The Labute approximate surface area is 80.2 Å². The number of nitrogens with two attached hydrogens (primary N) is 1. The van der Waals surface area contributed by atoms with E-state index in [0.717, 1.165) is 13.0 Å². The fourth-order valence-electron chi connectivity index (χ4n) is 1.61. The van der Waals surface area contributed by atoms with Crippen molar-refractivity contribution in [3.8, 4) is 0 Å². The van der Waals surface area contributed by atoms with Crippen molar-refractivity contribution in [1.82, 2.24) is 4.98 Å². The van der Waals surface area contributed by atoms with Gasteiger partial charge in [0.25, 0.3) is 0 Å². The molecule has 0 spiro atoms. The largest absolute Gasteiger partial charge is 0.330 e. The summed E-state index contributed by atoms with van der Waals surface area (Å²) in [5.41, 5.74) is 6.89. The maximum atomic E-state index is 5.50.